The van der Waals surface area contributed by atoms with E-state index in [1.54, 1.807) is 6.07 Å². The molecule has 5 heteroatoms. The second kappa shape index (κ2) is 7.94. The number of furan rings is 1. The van der Waals surface area contributed by atoms with Crippen LogP contribution in [-0.4, -0.2) is 23.7 Å². The molecule has 1 aromatic rings. The first-order valence-corrected chi connectivity index (χ1v) is 7.50. The van der Waals surface area contributed by atoms with E-state index >= 15 is 0 Å². The summed E-state index contributed by atoms with van der Waals surface area (Å²) in [4.78, 5) is 11.8. The first kappa shape index (κ1) is 14.9. The second-order valence-corrected chi connectivity index (χ2v) is 5.45. The Kier molecular flexibility index (Phi) is 5.92. The summed E-state index contributed by atoms with van der Waals surface area (Å²) in [6, 6.07) is 1.91. The largest absolute Gasteiger partial charge is 0.472 e. The fourth-order valence-corrected chi connectivity index (χ4v) is 2.61. The third kappa shape index (κ3) is 4.89. The van der Waals surface area contributed by atoms with Gasteiger partial charge < -0.3 is 20.2 Å². The SMILES string of the molecule is O=C(NCCC(O)c1ccoc1)NC1CCCCCC1. The van der Waals surface area contributed by atoms with Gasteiger partial charge in [-0.1, -0.05) is 25.7 Å². The number of aliphatic hydroxyl groups excluding tert-OH is 1. The molecule has 1 atom stereocenters. The molecule has 1 aliphatic carbocycles. The van der Waals surface area contributed by atoms with Gasteiger partial charge in [0.2, 0.25) is 0 Å². The Morgan fingerprint density at radius 2 is 2.10 bits per heavy atom. The van der Waals surface area contributed by atoms with Crippen molar-refractivity contribution in [3.63, 3.8) is 0 Å². The lowest BCUT2D eigenvalue weighted by atomic mass is 10.1. The highest BCUT2D eigenvalue weighted by Crippen LogP contribution is 2.17. The molecule has 0 saturated heterocycles. The van der Waals surface area contributed by atoms with E-state index in [-0.39, 0.29) is 6.03 Å². The van der Waals surface area contributed by atoms with Crippen molar-refractivity contribution in [2.24, 2.45) is 0 Å². The van der Waals surface area contributed by atoms with Crippen molar-refractivity contribution < 1.29 is 14.3 Å². The number of urea groups is 1. The van der Waals surface area contributed by atoms with E-state index in [2.05, 4.69) is 10.6 Å². The van der Waals surface area contributed by atoms with Crippen molar-refractivity contribution >= 4 is 6.03 Å². The zero-order chi connectivity index (χ0) is 14.2. The van der Waals surface area contributed by atoms with Gasteiger partial charge in [-0.3, -0.25) is 0 Å². The molecule has 2 amide bonds. The van der Waals surface area contributed by atoms with Crippen LogP contribution in [0.3, 0.4) is 0 Å². The van der Waals surface area contributed by atoms with Crippen LogP contribution in [0.5, 0.6) is 0 Å². The van der Waals surface area contributed by atoms with Crippen LogP contribution >= 0.6 is 0 Å². The second-order valence-electron chi connectivity index (χ2n) is 5.45. The lowest BCUT2D eigenvalue weighted by molar-refractivity contribution is 0.166. The lowest BCUT2D eigenvalue weighted by Gasteiger charge is -2.17. The van der Waals surface area contributed by atoms with Crippen LogP contribution in [-0.2, 0) is 0 Å². The van der Waals surface area contributed by atoms with Gasteiger partial charge in [0.05, 0.1) is 18.6 Å². The summed E-state index contributed by atoms with van der Waals surface area (Å²) in [7, 11) is 0. The molecule has 112 valence electrons. The van der Waals surface area contributed by atoms with Crippen molar-refractivity contribution in [2.45, 2.75) is 57.1 Å². The van der Waals surface area contributed by atoms with Gasteiger partial charge in [-0.2, -0.15) is 0 Å². The van der Waals surface area contributed by atoms with Crippen molar-refractivity contribution in [1.29, 1.82) is 0 Å². The fourth-order valence-electron chi connectivity index (χ4n) is 2.61. The summed E-state index contributed by atoms with van der Waals surface area (Å²) in [5.41, 5.74) is 0.746. The minimum atomic E-state index is -0.591. The molecular formula is C15H24N2O3. The van der Waals surface area contributed by atoms with Gasteiger partial charge in [0.1, 0.15) is 0 Å². The third-order valence-electron chi connectivity index (χ3n) is 3.82. The number of amides is 2. The van der Waals surface area contributed by atoms with E-state index in [9.17, 15) is 9.90 Å². The number of aliphatic hydroxyl groups is 1. The Hall–Kier alpha value is -1.49. The molecule has 3 N–H and O–H groups in total. The van der Waals surface area contributed by atoms with E-state index in [4.69, 9.17) is 4.42 Å². The smallest absolute Gasteiger partial charge is 0.315 e. The Morgan fingerprint density at radius 1 is 1.35 bits per heavy atom. The van der Waals surface area contributed by atoms with E-state index in [1.807, 2.05) is 0 Å². The highest BCUT2D eigenvalue weighted by atomic mass is 16.3. The highest BCUT2D eigenvalue weighted by molar-refractivity contribution is 5.74. The lowest BCUT2D eigenvalue weighted by Crippen LogP contribution is -2.42. The molecule has 1 unspecified atom stereocenters. The van der Waals surface area contributed by atoms with E-state index in [0.29, 0.717) is 19.0 Å². The number of carbonyl (C=O) groups excluding carboxylic acids is 1. The summed E-state index contributed by atoms with van der Waals surface area (Å²) < 4.78 is 4.92. The molecule has 5 nitrogen and oxygen atoms in total. The fraction of sp³-hybridized carbons (Fsp3) is 0.667. The molecule has 0 radical (unpaired) electrons. The van der Waals surface area contributed by atoms with Crippen LogP contribution in [0.4, 0.5) is 4.79 Å². The molecule has 0 spiro atoms. The number of nitrogens with one attached hydrogen (secondary N) is 2. The molecular weight excluding hydrogens is 256 g/mol. The molecule has 1 heterocycles. The van der Waals surface area contributed by atoms with Crippen molar-refractivity contribution in [1.82, 2.24) is 10.6 Å². The molecule has 0 aliphatic heterocycles. The molecule has 0 bridgehead atoms. The Balaban J connectivity index is 1.62. The van der Waals surface area contributed by atoms with Gasteiger partial charge in [0.15, 0.2) is 0 Å². The van der Waals surface area contributed by atoms with E-state index in [0.717, 1.165) is 18.4 Å². The standard InChI is InChI=1S/C15H24N2O3/c18-14(12-8-10-20-11-12)7-9-16-15(19)17-13-5-3-1-2-4-6-13/h8,10-11,13-14,18H,1-7,9H2,(H2,16,17,19). The predicted octanol–water partition coefficient (Wildman–Crippen LogP) is 2.73. The van der Waals surface area contributed by atoms with Crippen LogP contribution in [0.1, 0.15) is 56.6 Å². The van der Waals surface area contributed by atoms with Crippen LogP contribution in [0.25, 0.3) is 0 Å². The van der Waals surface area contributed by atoms with Gasteiger partial charge in [-0.25, -0.2) is 4.79 Å². The van der Waals surface area contributed by atoms with Crippen molar-refractivity contribution in [3.8, 4) is 0 Å². The zero-order valence-corrected chi connectivity index (χ0v) is 11.8. The van der Waals surface area contributed by atoms with Crippen molar-refractivity contribution in [3.05, 3.63) is 24.2 Å². The summed E-state index contributed by atoms with van der Waals surface area (Å²) in [5, 5.41) is 15.7. The first-order chi connectivity index (χ1) is 9.75. The minimum Gasteiger partial charge on any atom is -0.472 e. The maximum absolute atomic E-state index is 11.8. The summed E-state index contributed by atoms with van der Waals surface area (Å²) in [6.07, 6.45) is 10.0. The average molecular weight is 280 g/mol. The summed E-state index contributed by atoms with van der Waals surface area (Å²) in [6.45, 7) is 0.449. The van der Waals surface area contributed by atoms with Crippen LogP contribution < -0.4 is 10.6 Å². The zero-order valence-electron chi connectivity index (χ0n) is 11.8. The molecule has 1 saturated carbocycles. The Labute approximate surface area is 119 Å². The van der Waals surface area contributed by atoms with Gasteiger partial charge in [-0.15, -0.1) is 0 Å². The van der Waals surface area contributed by atoms with Crippen molar-refractivity contribution in [2.75, 3.05) is 6.54 Å². The first-order valence-electron chi connectivity index (χ1n) is 7.50. The maximum atomic E-state index is 11.8. The third-order valence-corrected chi connectivity index (χ3v) is 3.82. The number of hydrogen-bond acceptors (Lipinski definition) is 3. The van der Waals surface area contributed by atoms with Gasteiger partial charge in [-0.05, 0) is 25.3 Å². The molecule has 1 aliphatic rings. The highest BCUT2D eigenvalue weighted by Gasteiger charge is 2.15. The van der Waals surface area contributed by atoms with E-state index in [1.165, 1.54) is 38.2 Å². The summed E-state index contributed by atoms with van der Waals surface area (Å²) >= 11 is 0. The number of hydrogen-bond donors (Lipinski definition) is 3. The summed E-state index contributed by atoms with van der Waals surface area (Å²) in [5.74, 6) is 0. The van der Waals surface area contributed by atoms with Gasteiger partial charge >= 0.3 is 6.03 Å². The Bertz CT molecular complexity index is 384. The minimum absolute atomic E-state index is 0.128. The molecule has 20 heavy (non-hydrogen) atoms. The quantitative estimate of drug-likeness (QED) is 0.726. The van der Waals surface area contributed by atoms with E-state index < -0.39 is 6.10 Å². The van der Waals surface area contributed by atoms with Crippen LogP contribution in [0.2, 0.25) is 0 Å². The maximum Gasteiger partial charge on any atom is 0.315 e. The number of carbonyl (C=O) groups is 1. The predicted molar refractivity (Wildman–Crippen MR) is 76.3 cm³/mol. The normalized spacial score (nSPS) is 18.2. The van der Waals surface area contributed by atoms with Gasteiger partial charge in [0, 0.05) is 18.2 Å². The number of rotatable bonds is 5. The Morgan fingerprint density at radius 3 is 2.75 bits per heavy atom. The van der Waals surface area contributed by atoms with Crippen LogP contribution in [0, 0.1) is 0 Å². The monoisotopic (exact) mass is 280 g/mol. The molecule has 1 aromatic heterocycles. The molecule has 2 rings (SSSR count). The van der Waals surface area contributed by atoms with Crippen LogP contribution in [0.15, 0.2) is 23.0 Å². The molecule has 1 fully saturated rings. The van der Waals surface area contributed by atoms with Gasteiger partial charge in [0.25, 0.3) is 0 Å². The molecule has 0 aromatic carbocycles. The average Bonchev–Trinajstić information content (AvgIpc) is 2.85. The topological polar surface area (TPSA) is 74.5 Å².